The fourth-order valence-corrected chi connectivity index (χ4v) is 2.62. The first kappa shape index (κ1) is 13.7. The molecule has 0 saturated carbocycles. The molecule has 2 heterocycles. The van der Waals surface area contributed by atoms with E-state index in [9.17, 15) is 4.79 Å². The van der Waals surface area contributed by atoms with Gasteiger partial charge in [-0.15, -0.1) is 5.10 Å². The van der Waals surface area contributed by atoms with Gasteiger partial charge in [0, 0.05) is 4.88 Å². The minimum atomic E-state index is -1.05. The van der Waals surface area contributed by atoms with Gasteiger partial charge < -0.3 is 5.11 Å². The molecule has 2 aromatic heterocycles. The average molecular weight is 280 g/mol. The summed E-state index contributed by atoms with van der Waals surface area (Å²) in [4.78, 5) is 16.7. The maximum atomic E-state index is 11.2. The Balaban J connectivity index is 2.53. The van der Waals surface area contributed by atoms with Crippen molar-refractivity contribution >= 4 is 17.3 Å². The molecular weight excluding hydrogens is 264 g/mol. The number of hydrogen-bond acceptors (Lipinski definition) is 5. The van der Waals surface area contributed by atoms with Crippen LogP contribution in [0.15, 0.2) is 0 Å². The molecule has 2 aromatic rings. The molecule has 7 heteroatoms. The Hall–Kier alpha value is -1.76. The molecule has 6 nitrogen and oxygen atoms in total. The van der Waals surface area contributed by atoms with E-state index in [1.54, 1.807) is 4.68 Å². The number of thiazole rings is 1. The number of nitrogens with zero attached hydrogens (tertiary/aromatic N) is 4. The van der Waals surface area contributed by atoms with E-state index in [0.29, 0.717) is 23.2 Å². The summed E-state index contributed by atoms with van der Waals surface area (Å²) in [6.45, 7) is 7.96. The normalized spacial score (nSPS) is 11.2. The van der Waals surface area contributed by atoms with E-state index >= 15 is 0 Å². The van der Waals surface area contributed by atoms with Crippen molar-refractivity contribution in [1.29, 1.82) is 0 Å². The Morgan fingerprint density at radius 2 is 2.11 bits per heavy atom. The SMILES string of the molecule is Cc1nc(-n2nnc(C(=O)O)c2CC(C)C)sc1C. The molecule has 0 aromatic carbocycles. The summed E-state index contributed by atoms with van der Waals surface area (Å²) in [7, 11) is 0. The highest BCUT2D eigenvalue weighted by Crippen LogP contribution is 2.23. The van der Waals surface area contributed by atoms with Gasteiger partial charge in [-0.1, -0.05) is 30.4 Å². The van der Waals surface area contributed by atoms with Gasteiger partial charge in [0.1, 0.15) is 0 Å². The van der Waals surface area contributed by atoms with Crippen LogP contribution in [0.5, 0.6) is 0 Å². The van der Waals surface area contributed by atoms with Gasteiger partial charge in [-0.2, -0.15) is 4.68 Å². The Bertz CT molecular complexity index is 596. The third-order valence-corrected chi connectivity index (χ3v) is 3.81. The molecule has 0 bridgehead atoms. The third-order valence-electron chi connectivity index (χ3n) is 2.77. The van der Waals surface area contributed by atoms with E-state index in [-0.39, 0.29) is 5.69 Å². The monoisotopic (exact) mass is 280 g/mol. The van der Waals surface area contributed by atoms with E-state index in [1.807, 2.05) is 27.7 Å². The third kappa shape index (κ3) is 2.65. The van der Waals surface area contributed by atoms with Crippen LogP contribution in [0.3, 0.4) is 0 Å². The van der Waals surface area contributed by atoms with Crippen molar-refractivity contribution < 1.29 is 9.90 Å². The van der Waals surface area contributed by atoms with Crippen LogP contribution in [-0.2, 0) is 6.42 Å². The van der Waals surface area contributed by atoms with Crippen LogP contribution < -0.4 is 0 Å². The van der Waals surface area contributed by atoms with E-state index < -0.39 is 5.97 Å². The average Bonchev–Trinajstić information content (AvgIpc) is 2.83. The van der Waals surface area contributed by atoms with E-state index in [2.05, 4.69) is 15.3 Å². The molecule has 19 heavy (non-hydrogen) atoms. The highest BCUT2D eigenvalue weighted by atomic mass is 32.1. The number of carboxylic acid groups (broad SMARTS) is 1. The Labute approximate surface area is 115 Å². The maximum absolute atomic E-state index is 11.2. The lowest BCUT2D eigenvalue weighted by Crippen LogP contribution is -2.09. The van der Waals surface area contributed by atoms with Crippen molar-refractivity contribution in [1.82, 2.24) is 20.0 Å². The molecule has 0 amide bonds. The molecule has 0 fully saturated rings. The summed E-state index contributed by atoms with van der Waals surface area (Å²) in [5.41, 5.74) is 1.55. The molecule has 0 saturated heterocycles. The number of rotatable bonds is 4. The van der Waals surface area contributed by atoms with Gasteiger partial charge in [-0.05, 0) is 26.2 Å². The summed E-state index contributed by atoms with van der Waals surface area (Å²) in [6, 6.07) is 0. The van der Waals surface area contributed by atoms with Crippen LogP contribution in [0, 0.1) is 19.8 Å². The van der Waals surface area contributed by atoms with Crippen LogP contribution in [0.25, 0.3) is 5.13 Å². The van der Waals surface area contributed by atoms with Gasteiger partial charge in [-0.3, -0.25) is 0 Å². The quantitative estimate of drug-likeness (QED) is 0.928. The Morgan fingerprint density at radius 1 is 1.42 bits per heavy atom. The zero-order valence-corrected chi connectivity index (χ0v) is 12.2. The lowest BCUT2D eigenvalue weighted by atomic mass is 10.1. The number of aromatic nitrogens is 4. The molecule has 0 spiro atoms. The largest absolute Gasteiger partial charge is 0.476 e. The summed E-state index contributed by atoms with van der Waals surface area (Å²) in [5, 5.41) is 17.6. The van der Waals surface area contributed by atoms with Gasteiger partial charge in [0.05, 0.1) is 11.4 Å². The first-order valence-electron chi connectivity index (χ1n) is 6.02. The summed E-state index contributed by atoms with van der Waals surface area (Å²) in [6.07, 6.45) is 0.603. The molecule has 102 valence electrons. The fraction of sp³-hybridized carbons (Fsp3) is 0.500. The molecular formula is C12H16N4O2S. The van der Waals surface area contributed by atoms with Gasteiger partial charge in [0.25, 0.3) is 0 Å². The van der Waals surface area contributed by atoms with Gasteiger partial charge in [0.15, 0.2) is 5.69 Å². The summed E-state index contributed by atoms with van der Waals surface area (Å²) < 4.78 is 1.55. The van der Waals surface area contributed by atoms with Crippen molar-refractivity contribution in [3.8, 4) is 5.13 Å². The molecule has 0 aliphatic carbocycles. The number of aryl methyl sites for hydroxylation is 2. The van der Waals surface area contributed by atoms with E-state index in [0.717, 1.165) is 10.6 Å². The molecule has 0 radical (unpaired) electrons. The van der Waals surface area contributed by atoms with Crippen LogP contribution in [0.1, 0.15) is 40.6 Å². The minimum absolute atomic E-state index is 0.0132. The molecule has 0 unspecified atom stereocenters. The second kappa shape index (κ2) is 5.08. The number of carbonyl (C=O) groups is 1. The van der Waals surface area contributed by atoms with Crippen molar-refractivity contribution in [3.05, 3.63) is 22.0 Å². The Morgan fingerprint density at radius 3 is 2.58 bits per heavy atom. The standard InChI is InChI=1S/C12H16N4O2S/c1-6(2)5-9-10(11(17)18)14-15-16(9)12-13-7(3)8(4)19-12/h6H,5H2,1-4H3,(H,17,18). The Kier molecular flexibility index (Phi) is 3.66. The fourth-order valence-electron chi connectivity index (χ4n) is 1.74. The highest BCUT2D eigenvalue weighted by Gasteiger charge is 2.22. The van der Waals surface area contributed by atoms with Gasteiger partial charge >= 0.3 is 5.97 Å². The maximum Gasteiger partial charge on any atom is 0.358 e. The smallest absolute Gasteiger partial charge is 0.358 e. The van der Waals surface area contributed by atoms with E-state index in [1.165, 1.54) is 11.3 Å². The van der Waals surface area contributed by atoms with Crippen LogP contribution >= 0.6 is 11.3 Å². The van der Waals surface area contributed by atoms with E-state index in [4.69, 9.17) is 5.11 Å². The lowest BCUT2D eigenvalue weighted by molar-refractivity contribution is 0.0689. The predicted octanol–water partition coefficient (Wildman–Crippen LogP) is 2.24. The molecule has 2 rings (SSSR count). The molecule has 0 aliphatic rings. The van der Waals surface area contributed by atoms with Crippen LogP contribution in [-0.4, -0.2) is 31.1 Å². The zero-order chi connectivity index (χ0) is 14.2. The van der Waals surface area contributed by atoms with Crippen LogP contribution in [0.4, 0.5) is 0 Å². The van der Waals surface area contributed by atoms with Crippen molar-refractivity contribution in [2.45, 2.75) is 34.1 Å². The van der Waals surface area contributed by atoms with Crippen molar-refractivity contribution in [2.24, 2.45) is 5.92 Å². The topological polar surface area (TPSA) is 80.9 Å². The van der Waals surface area contributed by atoms with Crippen molar-refractivity contribution in [2.75, 3.05) is 0 Å². The van der Waals surface area contributed by atoms with Gasteiger partial charge in [0.2, 0.25) is 5.13 Å². The van der Waals surface area contributed by atoms with Crippen LogP contribution in [0.2, 0.25) is 0 Å². The number of aromatic carboxylic acids is 1. The minimum Gasteiger partial charge on any atom is -0.476 e. The van der Waals surface area contributed by atoms with Crippen molar-refractivity contribution in [3.63, 3.8) is 0 Å². The summed E-state index contributed by atoms with van der Waals surface area (Å²) in [5.74, 6) is -0.732. The zero-order valence-electron chi connectivity index (χ0n) is 11.3. The second-order valence-corrected chi connectivity index (χ2v) is 6.02. The first-order valence-corrected chi connectivity index (χ1v) is 6.84. The summed E-state index contributed by atoms with van der Waals surface area (Å²) >= 11 is 1.49. The number of hydrogen-bond donors (Lipinski definition) is 1. The molecule has 0 aliphatic heterocycles. The highest BCUT2D eigenvalue weighted by molar-refractivity contribution is 7.14. The first-order chi connectivity index (χ1) is 8.90. The molecule has 0 atom stereocenters. The molecule has 1 N–H and O–H groups in total. The second-order valence-electron chi connectivity index (χ2n) is 4.84. The lowest BCUT2D eigenvalue weighted by Gasteiger charge is -2.06. The number of carboxylic acids is 1. The van der Waals surface area contributed by atoms with Gasteiger partial charge in [-0.25, -0.2) is 9.78 Å². The predicted molar refractivity (Wildman–Crippen MR) is 72.0 cm³/mol.